The smallest absolute Gasteiger partial charge is 0.0832 e. The predicted molar refractivity (Wildman–Crippen MR) is 68.8 cm³/mol. The van der Waals surface area contributed by atoms with E-state index in [0.717, 1.165) is 19.3 Å². The zero-order chi connectivity index (χ0) is 11.4. The van der Waals surface area contributed by atoms with Crippen molar-refractivity contribution < 1.29 is 4.74 Å². The van der Waals surface area contributed by atoms with Gasteiger partial charge in [-0.2, -0.15) is 11.3 Å². The van der Waals surface area contributed by atoms with Crippen molar-refractivity contribution in [2.24, 2.45) is 5.73 Å². The second-order valence-electron chi connectivity index (χ2n) is 4.77. The van der Waals surface area contributed by atoms with Gasteiger partial charge in [0.15, 0.2) is 0 Å². The minimum atomic E-state index is -0.0693. The Kier molecular flexibility index (Phi) is 4.00. The van der Waals surface area contributed by atoms with Gasteiger partial charge in [0.25, 0.3) is 0 Å². The van der Waals surface area contributed by atoms with Crippen LogP contribution in [-0.2, 0) is 11.2 Å². The molecule has 1 aliphatic carbocycles. The molecule has 1 unspecified atom stereocenters. The quantitative estimate of drug-likeness (QED) is 0.876. The number of hydrogen-bond donors (Lipinski definition) is 1. The summed E-state index contributed by atoms with van der Waals surface area (Å²) in [6, 6.07) is 2.30. The third-order valence-electron chi connectivity index (χ3n) is 3.82. The van der Waals surface area contributed by atoms with E-state index >= 15 is 0 Å². The molecule has 0 aromatic carbocycles. The van der Waals surface area contributed by atoms with Gasteiger partial charge in [-0.3, -0.25) is 0 Å². The molecule has 1 heterocycles. The first-order chi connectivity index (χ1) is 7.77. The molecule has 3 heteroatoms. The summed E-state index contributed by atoms with van der Waals surface area (Å²) in [5.74, 6) is 0. The lowest BCUT2D eigenvalue weighted by Gasteiger charge is -2.40. The zero-order valence-corrected chi connectivity index (χ0v) is 10.8. The van der Waals surface area contributed by atoms with Gasteiger partial charge in [-0.05, 0) is 41.7 Å². The summed E-state index contributed by atoms with van der Waals surface area (Å²) in [7, 11) is 1.82. The number of hydrogen-bond acceptors (Lipinski definition) is 3. The number of ether oxygens (including phenoxy) is 1. The average molecular weight is 239 g/mol. The molecule has 90 valence electrons. The molecule has 2 N–H and O–H groups in total. The van der Waals surface area contributed by atoms with Crippen LogP contribution in [0.1, 0.15) is 37.7 Å². The van der Waals surface area contributed by atoms with Crippen molar-refractivity contribution in [1.29, 1.82) is 0 Å². The Morgan fingerprint density at radius 1 is 1.44 bits per heavy atom. The van der Waals surface area contributed by atoms with Crippen LogP contribution in [0.2, 0.25) is 0 Å². The SMILES string of the molecule is COC1(C(N)Cc2ccsc2)CCCCC1. The average Bonchev–Trinajstić information content (AvgIpc) is 2.82. The lowest BCUT2D eigenvalue weighted by Crippen LogP contribution is -2.51. The summed E-state index contributed by atoms with van der Waals surface area (Å²) in [6.45, 7) is 0. The monoisotopic (exact) mass is 239 g/mol. The Bertz CT molecular complexity index is 304. The maximum absolute atomic E-state index is 6.36. The molecule has 1 saturated carbocycles. The van der Waals surface area contributed by atoms with Crippen molar-refractivity contribution in [1.82, 2.24) is 0 Å². The molecule has 16 heavy (non-hydrogen) atoms. The lowest BCUT2D eigenvalue weighted by atomic mass is 9.77. The summed E-state index contributed by atoms with van der Waals surface area (Å²) in [5, 5.41) is 4.30. The van der Waals surface area contributed by atoms with Crippen LogP contribution in [-0.4, -0.2) is 18.8 Å². The highest BCUT2D eigenvalue weighted by Gasteiger charge is 2.37. The van der Waals surface area contributed by atoms with Gasteiger partial charge >= 0.3 is 0 Å². The number of nitrogens with two attached hydrogens (primary N) is 1. The van der Waals surface area contributed by atoms with Crippen LogP contribution < -0.4 is 5.73 Å². The fourth-order valence-corrected chi connectivity index (χ4v) is 3.41. The van der Waals surface area contributed by atoms with E-state index in [-0.39, 0.29) is 11.6 Å². The third-order valence-corrected chi connectivity index (χ3v) is 4.55. The predicted octanol–water partition coefficient (Wildman–Crippen LogP) is 2.97. The van der Waals surface area contributed by atoms with Crippen molar-refractivity contribution in [3.63, 3.8) is 0 Å². The molecule has 0 spiro atoms. The standard InChI is InChI=1S/C13H21NOS/c1-15-13(6-3-2-4-7-13)12(14)9-11-5-8-16-10-11/h5,8,10,12H,2-4,6-7,9,14H2,1H3. The van der Waals surface area contributed by atoms with E-state index in [4.69, 9.17) is 10.5 Å². The maximum atomic E-state index is 6.36. The molecular weight excluding hydrogens is 218 g/mol. The van der Waals surface area contributed by atoms with Crippen molar-refractivity contribution in [3.05, 3.63) is 22.4 Å². The Morgan fingerprint density at radius 3 is 2.75 bits per heavy atom. The fourth-order valence-electron chi connectivity index (χ4n) is 2.73. The topological polar surface area (TPSA) is 35.2 Å². The highest BCUT2D eigenvalue weighted by atomic mass is 32.1. The molecule has 1 atom stereocenters. The summed E-state index contributed by atoms with van der Waals surface area (Å²) in [5.41, 5.74) is 7.64. The first-order valence-electron chi connectivity index (χ1n) is 6.09. The molecule has 0 aliphatic heterocycles. The minimum Gasteiger partial charge on any atom is -0.377 e. The molecule has 1 aromatic heterocycles. The van der Waals surface area contributed by atoms with Crippen molar-refractivity contribution in [2.45, 2.75) is 50.2 Å². The highest BCUT2D eigenvalue weighted by molar-refractivity contribution is 7.07. The Labute approximate surface area is 102 Å². The molecule has 2 nitrogen and oxygen atoms in total. The molecule has 1 fully saturated rings. The van der Waals surface area contributed by atoms with Crippen LogP contribution in [0.25, 0.3) is 0 Å². The van der Waals surface area contributed by atoms with E-state index in [1.165, 1.54) is 24.8 Å². The number of rotatable bonds is 4. The summed E-state index contributed by atoms with van der Waals surface area (Å²) in [4.78, 5) is 0. The van der Waals surface area contributed by atoms with Crippen LogP contribution >= 0.6 is 11.3 Å². The van der Waals surface area contributed by atoms with Gasteiger partial charge in [0, 0.05) is 13.2 Å². The minimum absolute atomic E-state index is 0.0693. The normalized spacial score (nSPS) is 21.9. The van der Waals surface area contributed by atoms with Gasteiger partial charge in [0.2, 0.25) is 0 Å². The first-order valence-corrected chi connectivity index (χ1v) is 7.03. The fraction of sp³-hybridized carbons (Fsp3) is 0.692. The second kappa shape index (κ2) is 5.30. The van der Waals surface area contributed by atoms with Crippen LogP contribution in [0, 0.1) is 0 Å². The van der Waals surface area contributed by atoms with Gasteiger partial charge in [-0.15, -0.1) is 0 Å². The van der Waals surface area contributed by atoms with Crippen molar-refractivity contribution in [3.8, 4) is 0 Å². The highest BCUT2D eigenvalue weighted by Crippen LogP contribution is 2.34. The molecule has 0 amide bonds. The molecular formula is C13H21NOS. The van der Waals surface area contributed by atoms with Crippen LogP contribution in [0.15, 0.2) is 16.8 Å². The van der Waals surface area contributed by atoms with E-state index in [2.05, 4.69) is 16.8 Å². The first kappa shape index (κ1) is 12.1. The second-order valence-corrected chi connectivity index (χ2v) is 5.55. The largest absolute Gasteiger partial charge is 0.377 e. The number of methoxy groups -OCH3 is 1. The maximum Gasteiger partial charge on any atom is 0.0832 e. The van der Waals surface area contributed by atoms with E-state index in [1.807, 2.05) is 7.11 Å². The molecule has 1 aromatic rings. The molecule has 0 saturated heterocycles. The van der Waals surface area contributed by atoms with Crippen LogP contribution in [0.5, 0.6) is 0 Å². The van der Waals surface area contributed by atoms with Gasteiger partial charge in [-0.25, -0.2) is 0 Å². The lowest BCUT2D eigenvalue weighted by molar-refractivity contribution is -0.0582. The van der Waals surface area contributed by atoms with E-state index < -0.39 is 0 Å². The van der Waals surface area contributed by atoms with E-state index in [9.17, 15) is 0 Å². The van der Waals surface area contributed by atoms with Crippen molar-refractivity contribution in [2.75, 3.05) is 7.11 Å². The van der Waals surface area contributed by atoms with E-state index in [0.29, 0.717) is 0 Å². The molecule has 2 rings (SSSR count). The summed E-state index contributed by atoms with van der Waals surface area (Å²) < 4.78 is 5.77. The van der Waals surface area contributed by atoms with Crippen LogP contribution in [0.4, 0.5) is 0 Å². The van der Waals surface area contributed by atoms with Gasteiger partial charge in [-0.1, -0.05) is 19.3 Å². The Balaban J connectivity index is 2.02. The molecule has 0 bridgehead atoms. The Hall–Kier alpha value is -0.380. The zero-order valence-electron chi connectivity index (χ0n) is 9.95. The van der Waals surface area contributed by atoms with Gasteiger partial charge in [0.1, 0.15) is 0 Å². The van der Waals surface area contributed by atoms with Crippen LogP contribution in [0.3, 0.4) is 0 Å². The third kappa shape index (κ3) is 2.47. The van der Waals surface area contributed by atoms with E-state index in [1.54, 1.807) is 11.3 Å². The molecule has 0 radical (unpaired) electrons. The Morgan fingerprint density at radius 2 is 2.19 bits per heavy atom. The summed E-state index contributed by atoms with van der Waals surface area (Å²) in [6.07, 6.45) is 7.02. The van der Waals surface area contributed by atoms with Gasteiger partial charge < -0.3 is 10.5 Å². The van der Waals surface area contributed by atoms with Gasteiger partial charge in [0.05, 0.1) is 5.60 Å². The summed E-state index contributed by atoms with van der Waals surface area (Å²) >= 11 is 1.74. The number of thiophene rings is 1. The molecule has 1 aliphatic rings. The van der Waals surface area contributed by atoms with Crippen molar-refractivity contribution >= 4 is 11.3 Å².